The molecule has 90 valence electrons. The topological polar surface area (TPSA) is 43.0 Å². The zero-order valence-electron chi connectivity index (χ0n) is 10.2. The minimum absolute atomic E-state index is 0.602. The van der Waals surface area contributed by atoms with Crippen LogP contribution in [0.5, 0.6) is 0 Å². The van der Waals surface area contributed by atoms with Crippen LogP contribution in [-0.4, -0.2) is 10.6 Å². The maximum atomic E-state index is 5.80. The lowest BCUT2D eigenvalue weighted by Crippen LogP contribution is -2.14. The van der Waals surface area contributed by atoms with E-state index in [9.17, 15) is 0 Å². The molecule has 3 rings (SSSR count). The number of nitrogens with zero attached hydrogens (tertiary/aromatic N) is 1. The number of fused-ring (bicyclic) bond motifs is 1. The molecule has 3 nitrogen and oxygen atoms in total. The molecule has 0 amide bonds. The highest BCUT2D eigenvalue weighted by Gasteiger charge is 2.20. The number of hydrogen-bond donors (Lipinski definition) is 2. The summed E-state index contributed by atoms with van der Waals surface area (Å²) in [5.41, 5.74) is 9.68. The molecule has 0 bridgehead atoms. The molecule has 1 aromatic heterocycles. The molecule has 0 aliphatic heterocycles. The number of hydrogen-bond acceptors (Lipinski definition) is 2. The minimum Gasteiger partial charge on any atom is -0.350 e. The number of aromatic nitrogens is 1. The first-order valence-corrected chi connectivity index (χ1v) is 6.29. The summed E-state index contributed by atoms with van der Waals surface area (Å²) < 4.78 is 2.20. The zero-order chi connectivity index (χ0) is 11.8. The largest absolute Gasteiger partial charge is 0.350 e. The smallest absolute Gasteiger partial charge is 0.0526 e. The van der Waals surface area contributed by atoms with E-state index in [1.54, 1.807) is 0 Å². The Balaban J connectivity index is 2.00. The van der Waals surface area contributed by atoms with Crippen molar-refractivity contribution in [2.24, 2.45) is 12.8 Å². The summed E-state index contributed by atoms with van der Waals surface area (Å²) in [5.74, 6) is 0. The number of benzene rings is 1. The summed E-state index contributed by atoms with van der Waals surface area (Å²) in [6, 6.07) is 7.16. The Bertz CT molecular complexity index is 538. The fourth-order valence-electron chi connectivity index (χ4n) is 2.48. The molecule has 0 spiro atoms. The highest BCUT2D eigenvalue weighted by atomic mass is 15.0. The number of aryl methyl sites for hydroxylation is 1. The normalized spacial score (nSPS) is 15.6. The number of rotatable bonds is 4. The summed E-state index contributed by atoms with van der Waals surface area (Å²) in [6.45, 7) is 1.57. The Morgan fingerprint density at radius 1 is 1.35 bits per heavy atom. The van der Waals surface area contributed by atoms with Crippen molar-refractivity contribution in [3.8, 4) is 0 Å². The van der Waals surface area contributed by atoms with Crippen LogP contribution in [-0.2, 0) is 20.1 Å². The van der Waals surface area contributed by atoms with Gasteiger partial charge in [0.25, 0.3) is 0 Å². The van der Waals surface area contributed by atoms with Crippen LogP contribution in [0.15, 0.2) is 24.4 Å². The Morgan fingerprint density at radius 2 is 2.18 bits per heavy atom. The molecular formula is C14H19N3. The predicted molar refractivity (Wildman–Crippen MR) is 70.7 cm³/mol. The maximum absolute atomic E-state index is 5.80. The van der Waals surface area contributed by atoms with Crippen LogP contribution in [0.3, 0.4) is 0 Å². The quantitative estimate of drug-likeness (QED) is 0.840. The maximum Gasteiger partial charge on any atom is 0.0526 e. The van der Waals surface area contributed by atoms with Crippen LogP contribution >= 0.6 is 0 Å². The van der Waals surface area contributed by atoms with E-state index >= 15 is 0 Å². The van der Waals surface area contributed by atoms with Gasteiger partial charge in [-0.1, -0.05) is 18.2 Å². The van der Waals surface area contributed by atoms with E-state index in [2.05, 4.69) is 41.3 Å². The Morgan fingerprint density at radius 3 is 2.88 bits per heavy atom. The van der Waals surface area contributed by atoms with E-state index in [1.807, 2.05) is 0 Å². The Kier molecular flexibility index (Phi) is 2.65. The standard InChI is InChI=1S/C14H19N3/c1-17-9-11(8-16-12-5-6-12)13-4-2-3-10(7-15)14(13)17/h2-4,9,12,16H,5-8,15H2,1H3. The van der Waals surface area contributed by atoms with Gasteiger partial charge in [0.05, 0.1) is 5.52 Å². The van der Waals surface area contributed by atoms with Crippen molar-refractivity contribution in [1.82, 2.24) is 9.88 Å². The molecule has 1 aliphatic carbocycles. The lowest BCUT2D eigenvalue weighted by Gasteiger charge is -2.03. The first-order valence-electron chi connectivity index (χ1n) is 6.29. The summed E-state index contributed by atoms with van der Waals surface area (Å²) in [4.78, 5) is 0. The van der Waals surface area contributed by atoms with Crippen molar-refractivity contribution in [2.75, 3.05) is 0 Å². The van der Waals surface area contributed by atoms with Gasteiger partial charge in [0.15, 0.2) is 0 Å². The summed E-state index contributed by atoms with van der Waals surface area (Å²) in [7, 11) is 2.10. The van der Waals surface area contributed by atoms with Gasteiger partial charge in [-0.05, 0) is 24.0 Å². The molecule has 1 aromatic carbocycles. The molecule has 1 heterocycles. The second kappa shape index (κ2) is 4.17. The van der Waals surface area contributed by atoms with Crippen molar-refractivity contribution in [1.29, 1.82) is 0 Å². The van der Waals surface area contributed by atoms with E-state index in [1.165, 1.54) is 34.9 Å². The van der Waals surface area contributed by atoms with Crippen LogP contribution in [0.25, 0.3) is 10.9 Å². The number of para-hydroxylation sites is 1. The summed E-state index contributed by atoms with van der Waals surface area (Å²) >= 11 is 0. The monoisotopic (exact) mass is 229 g/mol. The average molecular weight is 229 g/mol. The predicted octanol–water partition coefficient (Wildman–Crippen LogP) is 1.89. The van der Waals surface area contributed by atoms with E-state index in [0.29, 0.717) is 6.54 Å². The molecule has 2 aromatic rings. The number of nitrogens with one attached hydrogen (secondary N) is 1. The molecule has 1 saturated carbocycles. The molecule has 0 saturated heterocycles. The minimum atomic E-state index is 0.602. The highest BCUT2D eigenvalue weighted by Crippen LogP contribution is 2.25. The van der Waals surface area contributed by atoms with E-state index in [0.717, 1.165) is 12.6 Å². The first kappa shape index (κ1) is 10.8. The third-order valence-electron chi connectivity index (χ3n) is 3.55. The van der Waals surface area contributed by atoms with E-state index in [-0.39, 0.29) is 0 Å². The van der Waals surface area contributed by atoms with E-state index < -0.39 is 0 Å². The van der Waals surface area contributed by atoms with Crippen LogP contribution in [0, 0.1) is 0 Å². The van der Waals surface area contributed by atoms with Crippen molar-refractivity contribution in [3.05, 3.63) is 35.5 Å². The van der Waals surface area contributed by atoms with Gasteiger partial charge in [0.1, 0.15) is 0 Å². The van der Waals surface area contributed by atoms with Crippen LogP contribution in [0.2, 0.25) is 0 Å². The second-order valence-electron chi connectivity index (χ2n) is 4.94. The van der Waals surface area contributed by atoms with Crippen LogP contribution < -0.4 is 11.1 Å². The summed E-state index contributed by atoms with van der Waals surface area (Å²) in [5, 5.41) is 4.91. The molecule has 0 radical (unpaired) electrons. The van der Waals surface area contributed by atoms with Gasteiger partial charge in [-0.3, -0.25) is 0 Å². The highest BCUT2D eigenvalue weighted by molar-refractivity contribution is 5.86. The van der Waals surface area contributed by atoms with Crippen molar-refractivity contribution in [2.45, 2.75) is 32.0 Å². The van der Waals surface area contributed by atoms with Gasteiger partial charge < -0.3 is 15.6 Å². The third kappa shape index (κ3) is 1.96. The van der Waals surface area contributed by atoms with Crippen molar-refractivity contribution >= 4 is 10.9 Å². The van der Waals surface area contributed by atoms with Gasteiger partial charge in [-0.2, -0.15) is 0 Å². The molecular weight excluding hydrogens is 210 g/mol. The fourth-order valence-corrected chi connectivity index (χ4v) is 2.48. The molecule has 1 aliphatic rings. The van der Waals surface area contributed by atoms with Gasteiger partial charge in [0, 0.05) is 37.8 Å². The molecule has 3 N–H and O–H groups in total. The zero-order valence-corrected chi connectivity index (χ0v) is 10.2. The van der Waals surface area contributed by atoms with E-state index in [4.69, 9.17) is 5.73 Å². The molecule has 0 unspecified atom stereocenters. The van der Waals surface area contributed by atoms with Gasteiger partial charge in [-0.25, -0.2) is 0 Å². The molecule has 1 fully saturated rings. The Hall–Kier alpha value is -1.32. The van der Waals surface area contributed by atoms with Crippen molar-refractivity contribution < 1.29 is 0 Å². The van der Waals surface area contributed by atoms with Crippen LogP contribution in [0.4, 0.5) is 0 Å². The molecule has 0 atom stereocenters. The van der Waals surface area contributed by atoms with Gasteiger partial charge >= 0.3 is 0 Å². The SMILES string of the molecule is Cn1cc(CNC2CC2)c2cccc(CN)c21. The lowest BCUT2D eigenvalue weighted by molar-refractivity contribution is 0.689. The summed E-state index contributed by atoms with van der Waals surface area (Å²) in [6.07, 6.45) is 4.89. The fraction of sp³-hybridized carbons (Fsp3) is 0.429. The van der Waals surface area contributed by atoms with Gasteiger partial charge in [-0.15, -0.1) is 0 Å². The molecule has 3 heteroatoms. The third-order valence-corrected chi connectivity index (χ3v) is 3.55. The Labute approximate surface area is 102 Å². The van der Waals surface area contributed by atoms with Crippen molar-refractivity contribution in [3.63, 3.8) is 0 Å². The van der Waals surface area contributed by atoms with Crippen LogP contribution in [0.1, 0.15) is 24.0 Å². The first-order chi connectivity index (χ1) is 8.29. The lowest BCUT2D eigenvalue weighted by atomic mass is 10.1. The van der Waals surface area contributed by atoms with Gasteiger partial charge in [0.2, 0.25) is 0 Å². The second-order valence-corrected chi connectivity index (χ2v) is 4.94. The number of nitrogens with two attached hydrogens (primary N) is 1. The molecule has 17 heavy (non-hydrogen) atoms. The average Bonchev–Trinajstić information content (AvgIpc) is 3.12.